The summed E-state index contributed by atoms with van der Waals surface area (Å²) in [7, 11) is 0. The molecule has 3 fully saturated rings. The monoisotopic (exact) mass is 394 g/mol. The first kappa shape index (κ1) is 18.8. The minimum Gasteiger partial charge on any atom is -0.481 e. The summed E-state index contributed by atoms with van der Waals surface area (Å²) in [5, 5.41) is 18.6. The van der Waals surface area contributed by atoms with Gasteiger partial charge in [0, 0.05) is 25.7 Å². The molecule has 1 saturated carbocycles. The van der Waals surface area contributed by atoms with Gasteiger partial charge in [0.2, 0.25) is 0 Å². The molecule has 3 aliphatic rings. The van der Waals surface area contributed by atoms with Crippen molar-refractivity contribution < 1.29 is 23.1 Å². The summed E-state index contributed by atoms with van der Waals surface area (Å²) in [5.41, 5.74) is -1.38. The molecule has 4 atom stereocenters. The molecule has 2 saturated heterocycles. The number of anilines is 2. The van der Waals surface area contributed by atoms with Crippen molar-refractivity contribution in [3.8, 4) is 6.07 Å². The molecule has 0 aromatic carbocycles. The van der Waals surface area contributed by atoms with E-state index in [-0.39, 0.29) is 35.4 Å². The Bertz CT molecular complexity index is 854. The Hall–Kier alpha value is -2.50. The molecule has 28 heavy (non-hydrogen) atoms. The predicted octanol–water partition coefficient (Wildman–Crippen LogP) is 2.97. The fourth-order valence-electron chi connectivity index (χ4n) is 4.72. The van der Waals surface area contributed by atoms with Crippen LogP contribution >= 0.6 is 0 Å². The number of hydrogen-bond donors (Lipinski definition) is 1. The summed E-state index contributed by atoms with van der Waals surface area (Å²) in [6.45, 7) is 5.15. The van der Waals surface area contributed by atoms with Crippen LogP contribution in [0.1, 0.15) is 31.4 Å². The average molecular weight is 394 g/mol. The first-order valence-electron chi connectivity index (χ1n) is 9.40. The zero-order chi connectivity index (χ0) is 20.4. The third-order valence-corrected chi connectivity index (χ3v) is 6.55. The first-order valence-corrected chi connectivity index (χ1v) is 9.40. The Balaban J connectivity index is 1.65. The SMILES string of the molecule is C[C@@H](C(=O)O)C1[C@H]2CN(c3cc(C(F)(F)F)c(C#N)c(N4CC[C@@H]4C)n3)C[C@H]12. The maximum atomic E-state index is 13.6. The highest BCUT2D eigenvalue weighted by Gasteiger charge is 2.59. The molecule has 1 aromatic rings. The van der Waals surface area contributed by atoms with Crippen molar-refractivity contribution >= 4 is 17.6 Å². The lowest BCUT2D eigenvalue weighted by atomic mass is 10.0. The Morgan fingerprint density at radius 2 is 2.04 bits per heavy atom. The number of piperidine rings is 1. The number of rotatable bonds is 4. The molecule has 0 bridgehead atoms. The molecule has 0 spiro atoms. The van der Waals surface area contributed by atoms with Crippen molar-refractivity contribution in [3.63, 3.8) is 0 Å². The topological polar surface area (TPSA) is 80.5 Å². The number of hydrogen-bond acceptors (Lipinski definition) is 5. The second-order valence-corrected chi connectivity index (χ2v) is 8.10. The van der Waals surface area contributed by atoms with Crippen molar-refractivity contribution in [2.24, 2.45) is 23.7 Å². The lowest BCUT2D eigenvalue weighted by Gasteiger charge is -2.41. The van der Waals surface area contributed by atoms with E-state index in [1.165, 1.54) is 0 Å². The Morgan fingerprint density at radius 3 is 2.46 bits per heavy atom. The number of halogens is 3. The number of alkyl halides is 3. The van der Waals surface area contributed by atoms with Crippen LogP contribution in [0.15, 0.2) is 6.07 Å². The number of pyridine rings is 1. The molecular weight excluding hydrogens is 373 g/mol. The maximum Gasteiger partial charge on any atom is 0.417 e. The average Bonchev–Trinajstić information content (AvgIpc) is 3.10. The number of nitriles is 1. The largest absolute Gasteiger partial charge is 0.481 e. The van der Waals surface area contributed by atoms with E-state index in [4.69, 9.17) is 0 Å². The van der Waals surface area contributed by atoms with E-state index in [2.05, 4.69) is 4.98 Å². The van der Waals surface area contributed by atoms with Gasteiger partial charge in [-0.15, -0.1) is 0 Å². The van der Waals surface area contributed by atoms with Crippen LogP contribution in [0, 0.1) is 35.0 Å². The van der Waals surface area contributed by atoms with E-state index < -0.39 is 29.2 Å². The van der Waals surface area contributed by atoms with Gasteiger partial charge in [-0.05, 0) is 37.2 Å². The molecule has 3 heterocycles. The summed E-state index contributed by atoms with van der Waals surface area (Å²) in [5.74, 6) is -0.556. The zero-order valence-corrected chi connectivity index (χ0v) is 15.6. The van der Waals surface area contributed by atoms with Crippen LogP contribution in [0.25, 0.3) is 0 Å². The number of fused-ring (bicyclic) bond motifs is 1. The van der Waals surface area contributed by atoms with Crippen LogP contribution in [0.3, 0.4) is 0 Å². The molecule has 0 radical (unpaired) electrons. The smallest absolute Gasteiger partial charge is 0.417 e. The van der Waals surface area contributed by atoms with Gasteiger partial charge in [0.15, 0.2) is 0 Å². The van der Waals surface area contributed by atoms with E-state index in [0.29, 0.717) is 19.6 Å². The predicted molar refractivity (Wildman–Crippen MR) is 94.9 cm³/mol. The van der Waals surface area contributed by atoms with Gasteiger partial charge in [-0.25, -0.2) is 4.98 Å². The molecule has 9 heteroatoms. The van der Waals surface area contributed by atoms with Crippen LogP contribution in [0.5, 0.6) is 0 Å². The van der Waals surface area contributed by atoms with E-state index in [1.54, 1.807) is 22.8 Å². The summed E-state index contributed by atoms with van der Waals surface area (Å²) < 4.78 is 40.9. The zero-order valence-electron chi connectivity index (χ0n) is 15.6. The number of carbonyl (C=O) groups is 1. The minimum absolute atomic E-state index is 0.0451. The quantitative estimate of drug-likeness (QED) is 0.846. The van der Waals surface area contributed by atoms with Crippen molar-refractivity contribution in [1.29, 1.82) is 5.26 Å². The maximum absolute atomic E-state index is 13.6. The number of aliphatic carboxylic acids is 1. The molecule has 0 amide bonds. The van der Waals surface area contributed by atoms with Gasteiger partial charge >= 0.3 is 12.1 Å². The Labute approximate surface area is 160 Å². The van der Waals surface area contributed by atoms with Crippen molar-refractivity contribution in [2.75, 3.05) is 29.4 Å². The molecule has 1 aromatic heterocycles. The van der Waals surface area contributed by atoms with E-state index in [0.717, 1.165) is 12.5 Å². The van der Waals surface area contributed by atoms with Crippen molar-refractivity contribution in [3.05, 3.63) is 17.2 Å². The van der Waals surface area contributed by atoms with E-state index in [1.807, 2.05) is 6.92 Å². The lowest BCUT2D eigenvalue weighted by molar-refractivity contribution is -0.142. The summed E-state index contributed by atoms with van der Waals surface area (Å²) in [4.78, 5) is 19.2. The molecule has 6 nitrogen and oxygen atoms in total. The van der Waals surface area contributed by atoms with Crippen LogP contribution in [-0.2, 0) is 11.0 Å². The molecular formula is C19H21F3N4O2. The molecule has 1 aliphatic carbocycles. The standard InChI is InChI=1S/C19H21F3N4O2/c1-9-3-4-26(9)17-11(6-23)14(19(20,21)22)5-15(24-17)25-7-12-13(8-25)16(12)10(2)18(27)28/h5,9-10,12-13,16H,3-4,7-8H2,1-2H3,(H,27,28)/t9-,10+,12-,13-/m0/s1. The number of carboxylic acids is 1. The number of nitrogens with zero attached hydrogens (tertiary/aromatic N) is 4. The van der Waals surface area contributed by atoms with Crippen molar-refractivity contribution in [2.45, 2.75) is 32.5 Å². The number of aromatic nitrogens is 1. The number of carboxylic acid groups (broad SMARTS) is 1. The first-order chi connectivity index (χ1) is 13.1. The highest BCUT2D eigenvalue weighted by Crippen LogP contribution is 2.56. The molecule has 4 rings (SSSR count). The fourth-order valence-corrected chi connectivity index (χ4v) is 4.72. The second-order valence-electron chi connectivity index (χ2n) is 8.10. The minimum atomic E-state index is -4.64. The van der Waals surface area contributed by atoms with Gasteiger partial charge in [0.25, 0.3) is 0 Å². The lowest BCUT2D eigenvalue weighted by Crippen LogP contribution is -2.47. The van der Waals surface area contributed by atoms with Gasteiger partial charge in [0.1, 0.15) is 23.3 Å². The van der Waals surface area contributed by atoms with Crippen molar-refractivity contribution in [1.82, 2.24) is 4.98 Å². The van der Waals surface area contributed by atoms with Gasteiger partial charge in [-0.3, -0.25) is 4.79 Å². The molecule has 1 N–H and O–H groups in total. The summed E-state index contributed by atoms with van der Waals surface area (Å²) >= 11 is 0. The third kappa shape index (κ3) is 2.86. The highest BCUT2D eigenvalue weighted by molar-refractivity contribution is 5.71. The van der Waals surface area contributed by atoms with Gasteiger partial charge in [-0.2, -0.15) is 18.4 Å². The van der Waals surface area contributed by atoms with Crippen LogP contribution in [-0.4, -0.2) is 41.7 Å². The Morgan fingerprint density at radius 1 is 1.39 bits per heavy atom. The highest BCUT2D eigenvalue weighted by atomic mass is 19.4. The normalized spacial score (nSPS) is 29.7. The van der Waals surface area contributed by atoms with Crippen LogP contribution in [0.2, 0.25) is 0 Å². The summed E-state index contributed by atoms with van der Waals surface area (Å²) in [6, 6.07) is 2.71. The van der Waals surface area contributed by atoms with Crippen LogP contribution < -0.4 is 9.80 Å². The molecule has 2 aliphatic heterocycles. The fraction of sp³-hybridized carbons (Fsp3) is 0.632. The third-order valence-electron chi connectivity index (χ3n) is 6.55. The van der Waals surface area contributed by atoms with E-state index >= 15 is 0 Å². The Kier molecular flexibility index (Phi) is 4.21. The molecule has 0 unspecified atom stereocenters. The van der Waals surface area contributed by atoms with E-state index in [9.17, 15) is 28.3 Å². The van der Waals surface area contributed by atoms with Crippen LogP contribution in [0.4, 0.5) is 24.8 Å². The summed E-state index contributed by atoms with van der Waals surface area (Å²) in [6.07, 6.45) is -3.80. The second kappa shape index (κ2) is 6.26. The van der Waals surface area contributed by atoms with Gasteiger partial charge < -0.3 is 14.9 Å². The van der Waals surface area contributed by atoms with Gasteiger partial charge in [0.05, 0.1) is 11.5 Å². The van der Waals surface area contributed by atoms with Gasteiger partial charge in [-0.1, -0.05) is 6.92 Å². The molecule has 150 valence electrons.